The summed E-state index contributed by atoms with van der Waals surface area (Å²) in [7, 11) is 0. The molecule has 2 aliphatic heterocycles. The van der Waals surface area contributed by atoms with Gasteiger partial charge in [0.05, 0.1) is 18.5 Å². The molecular formula is C16H22N2O2. The monoisotopic (exact) mass is 274 g/mol. The number of carbonyl (C=O) groups excluding carboxylic acids is 1. The maximum absolute atomic E-state index is 12.0. The van der Waals surface area contributed by atoms with Gasteiger partial charge >= 0.3 is 0 Å². The van der Waals surface area contributed by atoms with Crippen LogP contribution in [0.25, 0.3) is 0 Å². The minimum absolute atomic E-state index is 0.182. The van der Waals surface area contributed by atoms with Gasteiger partial charge in [-0.2, -0.15) is 0 Å². The van der Waals surface area contributed by atoms with Crippen molar-refractivity contribution in [3.8, 4) is 5.88 Å². The molecule has 1 aromatic heterocycles. The quantitative estimate of drug-likeness (QED) is 0.850. The van der Waals surface area contributed by atoms with Crippen LogP contribution in [-0.4, -0.2) is 30.0 Å². The minimum atomic E-state index is 0.182. The lowest BCUT2D eigenvalue weighted by atomic mass is 9.64. The van der Waals surface area contributed by atoms with Gasteiger partial charge in [0.2, 0.25) is 5.88 Å². The Morgan fingerprint density at radius 1 is 1.45 bits per heavy atom. The van der Waals surface area contributed by atoms with E-state index in [9.17, 15) is 4.79 Å². The van der Waals surface area contributed by atoms with E-state index in [1.807, 2.05) is 19.2 Å². The van der Waals surface area contributed by atoms with Crippen molar-refractivity contribution < 1.29 is 9.53 Å². The largest absolute Gasteiger partial charge is 0.478 e. The molecule has 0 amide bonds. The average Bonchev–Trinajstić information content (AvgIpc) is 2.41. The van der Waals surface area contributed by atoms with Gasteiger partial charge in [0.25, 0.3) is 0 Å². The number of ketones is 1. The fraction of sp³-hybridized carbons (Fsp3) is 0.625. The Kier molecular flexibility index (Phi) is 3.19. The van der Waals surface area contributed by atoms with Crippen molar-refractivity contribution in [3.63, 3.8) is 0 Å². The van der Waals surface area contributed by atoms with Crippen LogP contribution in [0.15, 0.2) is 18.3 Å². The molecule has 4 rings (SSSR count). The second-order valence-electron chi connectivity index (χ2n) is 6.52. The Balaban J connectivity index is 1.85. The zero-order chi connectivity index (χ0) is 14.3. The highest BCUT2D eigenvalue weighted by atomic mass is 16.5. The minimum Gasteiger partial charge on any atom is -0.478 e. The van der Waals surface area contributed by atoms with Crippen LogP contribution < -0.4 is 9.64 Å². The number of fused-ring (bicyclic) bond motifs is 3. The van der Waals surface area contributed by atoms with Gasteiger partial charge in [0, 0.05) is 31.0 Å². The zero-order valence-electron chi connectivity index (χ0n) is 12.4. The number of nitrogens with zero attached hydrogens (tertiary/aromatic N) is 2. The number of carbonyl (C=O) groups is 1. The molecule has 1 saturated carbocycles. The fourth-order valence-corrected chi connectivity index (χ4v) is 3.64. The van der Waals surface area contributed by atoms with Gasteiger partial charge in [-0.05, 0) is 24.8 Å². The standard InChI is InChI=1S/C16H22N2O2/c1-4-20-15-6-5-12(9-17-15)18-10-11-8-16(2,3)14(18)7-13(11)19/h5-6,9,11,14H,4,7-8,10H2,1-3H3/t11-,14+/m0/s1. The number of aromatic nitrogens is 1. The first-order chi connectivity index (χ1) is 9.51. The number of pyridine rings is 1. The van der Waals surface area contributed by atoms with E-state index in [2.05, 4.69) is 29.8 Å². The molecule has 2 saturated heterocycles. The molecule has 0 N–H and O–H groups in total. The summed E-state index contributed by atoms with van der Waals surface area (Å²) in [5.74, 6) is 1.28. The second kappa shape index (κ2) is 4.76. The van der Waals surface area contributed by atoms with Crippen LogP contribution in [0.2, 0.25) is 0 Å². The van der Waals surface area contributed by atoms with Crippen molar-refractivity contribution in [3.05, 3.63) is 18.3 Å². The topological polar surface area (TPSA) is 42.4 Å². The van der Waals surface area contributed by atoms with Crippen LogP contribution in [0.1, 0.15) is 33.6 Å². The van der Waals surface area contributed by atoms with E-state index < -0.39 is 0 Å². The maximum Gasteiger partial charge on any atom is 0.213 e. The van der Waals surface area contributed by atoms with E-state index in [4.69, 9.17) is 4.74 Å². The van der Waals surface area contributed by atoms with Gasteiger partial charge in [-0.15, -0.1) is 0 Å². The number of hydrogen-bond donors (Lipinski definition) is 0. The third-order valence-electron chi connectivity index (χ3n) is 4.66. The van der Waals surface area contributed by atoms with Crippen LogP contribution in [0.4, 0.5) is 5.69 Å². The lowest BCUT2D eigenvalue weighted by Crippen LogP contribution is -2.60. The Bertz CT molecular complexity index is 510. The van der Waals surface area contributed by atoms with Crippen molar-refractivity contribution in [1.29, 1.82) is 0 Å². The molecule has 108 valence electrons. The smallest absolute Gasteiger partial charge is 0.213 e. The van der Waals surface area contributed by atoms with E-state index in [0.717, 1.165) is 18.7 Å². The van der Waals surface area contributed by atoms with E-state index in [1.54, 1.807) is 0 Å². The average molecular weight is 274 g/mol. The van der Waals surface area contributed by atoms with Gasteiger partial charge in [-0.1, -0.05) is 13.8 Å². The summed E-state index contributed by atoms with van der Waals surface area (Å²) in [5.41, 5.74) is 1.29. The molecule has 1 aromatic rings. The van der Waals surface area contributed by atoms with Crippen LogP contribution >= 0.6 is 0 Å². The van der Waals surface area contributed by atoms with Gasteiger partial charge in [-0.25, -0.2) is 4.98 Å². The van der Waals surface area contributed by atoms with Crippen molar-refractivity contribution in [1.82, 2.24) is 4.98 Å². The number of piperidine rings is 2. The third-order valence-corrected chi connectivity index (χ3v) is 4.66. The Labute approximate surface area is 120 Å². The first-order valence-electron chi connectivity index (χ1n) is 7.39. The SMILES string of the molecule is CCOc1ccc(N2C[C@@H]3CC(C)(C)[C@H]2CC3=O)cn1. The van der Waals surface area contributed by atoms with Crippen molar-refractivity contribution >= 4 is 11.5 Å². The summed E-state index contributed by atoms with van der Waals surface area (Å²) in [6.07, 6.45) is 3.55. The number of anilines is 1. The summed E-state index contributed by atoms with van der Waals surface area (Å²) in [6.45, 7) is 7.95. The van der Waals surface area contributed by atoms with Crippen LogP contribution in [0.5, 0.6) is 5.88 Å². The van der Waals surface area contributed by atoms with Gasteiger partial charge in [-0.3, -0.25) is 4.79 Å². The lowest BCUT2D eigenvalue weighted by Gasteiger charge is -2.54. The molecule has 4 nitrogen and oxygen atoms in total. The molecule has 1 aliphatic carbocycles. The summed E-state index contributed by atoms with van der Waals surface area (Å²) < 4.78 is 5.38. The first kappa shape index (κ1) is 13.4. The predicted octanol–water partition coefficient (Wildman–Crippen LogP) is 2.67. The van der Waals surface area contributed by atoms with E-state index in [0.29, 0.717) is 30.7 Å². The Hall–Kier alpha value is -1.58. The molecular weight excluding hydrogens is 252 g/mol. The first-order valence-corrected chi connectivity index (χ1v) is 7.39. The molecule has 2 bridgehead atoms. The van der Waals surface area contributed by atoms with Crippen molar-refractivity contribution in [2.75, 3.05) is 18.1 Å². The molecule has 0 aromatic carbocycles. The summed E-state index contributed by atoms with van der Waals surface area (Å²) in [4.78, 5) is 18.7. The fourth-order valence-electron chi connectivity index (χ4n) is 3.64. The van der Waals surface area contributed by atoms with E-state index >= 15 is 0 Å². The number of hydrogen-bond acceptors (Lipinski definition) is 4. The summed E-state index contributed by atoms with van der Waals surface area (Å²) >= 11 is 0. The highest BCUT2D eigenvalue weighted by Gasteiger charge is 2.49. The number of rotatable bonds is 3. The predicted molar refractivity (Wildman–Crippen MR) is 78.1 cm³/mol. The van der Waals surface area contributed by atoms with Gasteiger partial charge < -0.3 is 9.64 Å². The molecule has 3 heterocycles. The Morgan fingerprint density at radius 3 is 2.85 bits per heavy atom. The molecule has 20 heavy (non-hydrogen) atoms. The van der Waals surface area contributed by atoms with Crippen LogP contribution in [-0.2, 0) is 4.79 Å². The zero-order valence-corrected chi connectivity index (χ0v) is 12.4. The van der Waals surface area contributed by atoms with Crippen molar-refractivity contribution in [2.24, 2.45) is 11.3 Å². The molecule has 0 radical (unpaired) electrons. The van der Waals surface area contributed by atoms with Crippen LogP contribution in [0.3, 0.4) is 0 Å². The van der Waals surface area contributed by atoms with E-state index in [-0.39, 0.29) is 11.3 Å². The van der Waals surface area contributed by atoms with E-state index in [1.165, 1.54) is 0 Å². The maximum atomic E-state index is 12.0. The summed E-state index contributed by atoms with van der Waals surface area (Å²) in [6, 6.07) is 4.26. The second-order valence-corrected chi connectivity index (χ2v) is 6.52. The third kappa shape index (κ3) is 2.17. The van der Waals surface area contributed by atoms with Crippen LogP contribution in [0, 0.1) is 11.3 Å². The molecule has 4 heteroatoms. The highest BCUT2D eigenvalue weighted by molar-refractivity contribution is 5.85. The lowest BCUT2D eigenvalue weighted by molar-refractivity contribution is -0.130. The number of ether oxygens (including phenoxy) is 1. The normalized spacial score (nSPS) is 27.8. The molecule has 0 spiro atoms. The molecule has 3 aliphatic rings. The van der Waals surface area contributed by atoms with Gasteiger partial charge in [0.1, 0.15) is 5.78 Å². The van der Waals surface area contributed by atoms with Gasteiger partial charge in [0.15, 0.2) is 0 Å². The molecule has 3 fully saturated rings. The molecule has 0 unspecified atom stereocenters. The summed E-state index contributed by atoms with van der Waals surface area (Å²) in [5, 5.41) is 0. The molecule has 2 atom stereocenters. The number of Topliss-reactive ketones (excluding diaryl/α,β-unsaturated/α-hetero) is 1. The highest BCUT2D eigenvalue weighted by Crippen LogP contribution is 2.46. The van der Waals surface area contributed by atoms with Crippen molar-refractivity contribution in [2.45, 2.75) is 39.7 Å². The Morgan fingerprint density at radius 2 is 2.25 bits per heavy atom.